The van der Waals surface area contributed by atoms with Crippen molar-refractivity contribution in [3.8, 4) is 0 Å². The van der Waals surface area contributed by atoms with Crippen molar-refractivity contribution in [2.75, 3.05) is 19.8 Å². The van der Waals surface area contributed by atoms with E-state index in [0.29, 0.717) is 18.0 Å². The molecule has 0 aromatic carbocycles. The number of nitrogens with one attached hydrogen (secondary N) is 1. The summed E-state index contributed by atoms with van der Waals surface area (Å²) in [4.78, 5) is 0. The third kappa shape index (κ3) is 2.10. The minimum Gasteiger partial charge on any atom is -0.381 e. The van der Waals surface area contributed by atoms with E-state index >= 15 is 0 Å². The molecule has 3 atom stereocenters. The summed E-state index contributed by atoms with van der Waals surface area (Å²) >= 11 is 0. The minimum absolute atomic E-state index is 0.340. The van der Waals surface area contributed by atoms with Crippen LogP contribution in [0.3, 0.4) is 0 Å². The number of ether oxygens (including phenoxy) is 1. The van der Waals surface area contributed by atoms with Crippen molar-refractivity contribution in [1.82, 2.24) is 5.32 Å². The van der Waals surface area contributed by atoms with Gasteiger partial charge in [0.1, 0.15) is 0 Å². The Kier molecular flexibility index (Phi) is 3.42. The van der Waals surface area contributed by atoms with E-state index in [-0.39, 0.29) is 0 Å². The molecular formula is C11H22N2O. The van der Waals surface area contributed by atoms with Crippen molar-refractivity contribution in [3.05, 3.63) is 0 Å². The molecule has 0 bridgehead atoms. The monoisotopic (exact) mass is 198 g/mol. The lowest BCUT2D eigenvalue weighted by atomic mass is 9.79. The molecule has 2 aliphatic heterocycles. The Morgan fingerprint density at radius 1 is 1.21 bits per heavy atom. The second-order valence-corrected chi connectivity index (χ2v) is 4.77. The first-order chi connectivity index (χ1) is 6.79. The largest absolute Gasteiger partial charge is 0.381 e. The quantitative estimate of drug-likeness (QED) is 0.653. The van der Waals surface area contributed by atoms with E-state index in [1.165, 1.54) is 19.3 Å². The van der Waals surface area contributed by atoms with Crippen LogP contribution < -0.4 is 11.1 Å². The molecule has 0 aliphatic carbocycles. The van der Waals surface area contributed by atoms with E-state index < -0.39 is 0 Å². The zero-order valence-corrected chi connectivity index (χ0v) is 9.04. The second kappa shape index (κ2) is 4.60. The number of rotatable bonds is 1. The molecular weight excluding hydrogens is 176 g/mol. The summed E-state index contributed by atoms with van der Waals surface area (Å²) < 4.78 is 5.38. The van der Waals surface area contributed by atoms with Gasteiger partial charge in [0.15, 0.2) is 0 Å². The van der Waals surface area contributed by atoms with Crippen molar-refractivity contribution in [1.29, 1.82) is 0 Å². The number of nitrogens with two attached hydrogens (primary N) is 1. The van der Waals surface area contributed by atoms with Gasteiger partial charge in [-0.15, -0.1) is 0 Å². The predicted molar refractivity (Wildman–Crippen MR) is 57.1 cm³/mol. The molecule has 0 saturated carbocycles. The van der Waals surface area contributed by atoms with Crippen LogP contribution in [0.4, 0.5) is 0 Å². The lowest BCUT2D eigenvalue weighted by Crippen LogP contribution is -2.57. The van der Waals surface area contributed by atoms with Crippen molar-refractivity contribution in [2.45, 2.75) is 38.3 Å². The fraction of sp³-hybridized carbons (Fsp3) is 1.00. The molecule has 0 spiro atoms. The highest BCUT2D eigenvalue weighted by atomic mass is 16.5. The second-order valence-electron chi connectivity index (χ2n) is 4.77. The van der Waals surface area contributed by atoms with Crippen LogP contribution in [0.1, 0.15) is 26.2 Å². The van der Waals surface area contributed by atoms with E-state index in [4.69, 9.17) is 10.5 Å². The average molecular weight is 198 g/mol. The van der Waals surface area contributed by atoms with Crippen LogP contribution in [-0.4, -0.2) is 31.8 Å². The number of piperidine rings is 1. The van der Waals surface area contributed by atoms with Gasteiger partial charge in [0.25, 0.3) is 0 Å². The summed E-state index contributed by atoms with van der Waals surface area (Å²) in [6.07, 6.45) is 3.58. The molecule has 2 rings (SSSR count). The Hall–Kier alpha value is -0.120. The first-order valence-corrected chi connectivity index (χ1v) is 5.86. The smallest absolute Gasteiger partial charge is 0.0469 e. The highest BCUT2D eigenvalue weighted by molar-refractivity contribution is 4.93. The molecule has 0 amide bonds. The SMILES string of the molecule is CC1CCNC(C2CCOCC2)C1N. The van der Waals surface area contributed by atoms with E-state index in [9.17, 15) is 0 Å². The van der Waals surface area contributed by atoms with Crippen molar-refractivity contribution in [2.24, 2.45) is 17.6 Å². The first-order valence-electron chi connectivity index (χ1n) is 5.86. The van der Waals surface area contributed by atoms with Gasteiger partial charge in [0.2, 0.25) is 0 Å². The Bertz CT molecular complexity index is 180. The Morgan fingerprint density at radius 3 is 2.64 bits per heavy atom. The van der Waals surface area contributed by atoms with E-state index in [1.807, 2.05) is 0 Å². The van der Waals surface area contributed by atoms with Crippen LogP contribution in [0, 0.1) is 11.8 Å². The molecule has 2 heterocycles. The average Bonchev–Trinajstić information content (AvgIpc) is 2.23. The molecule has 0 radical (unpaired) electrons. The minimum atomic E-state index is 0.340. The molecule has 2 fully saturated rings. The van der Waals surface area contributed by atoms with Crippen molar-refractivity contribution >= 4 is 0 Å². The molecule has 82 valence electrons. The first kappa shape index (κ1) is 10.4. The predicted octanol–water partition coefficient (Wildman–Crippen LogP) is 0.738. The number of hydrogen-bond donors (Lipinski definition) is 2. The molecule has 3 unspecified atom stereocenters. The van der Waals surface area contributed by atoms with Crippen molar-refractivity contribution in [3.63, 3.8) is 0 Å². The molecule has 3 N–H and O–H groups in total. The van der Waals surface area contributed by atoms with Gasteiger partial charge < -0.3 is 15.8 Å². The Morgan fingerprint density at radius 2 is 1.93 bits per heavy atom. The number of hydrogen-bond acceptors (Lipinski definition) is 3. The molecule has 3 nitrogen and oxygen atoms in total. The zero-order chi connectivity index (χ0) is 9.97. The maximum Gasteiger partial charge on any atom is 0.0469 e. The van der Waals surface area contributed by atoms with Gasteiger partial charge in [0.05, 0.1) is 0 Å². The van der Waals surface area contributed by atoms with Gasteiger partial charge in [-0.2, -0.15) is 0 Å². The normalized spacial score (nSPS) is 41.1. The van der Waals surface area contributed by atoms with Crippen LogP contribution in [0.2, 0.25) is 0 Å². The van der Waals surface area contributed by atoms with Gasteiger partial charge in [-0.1, -0.05) is 6.92 Å². The van der Waals surface area contributed by atoms with Crippen LogP contribution in [0.25, 0.3) is 0 Å². The summed E-state index contributed by atoms with van der Waals surface area (Å²) in [5, 5.41) is 3.59. The summed E-state index contributed by atoms with van der Waals surface area (Å²) in [7, 11) is 0. The third-order valence-corrected chi connectivity index (χ3v) is 3.83. The van der Waals surface area contributed by atoms with Gasteiger partial charge in [-0.3, -0.25) is 0 Å². The van der Waals surface area contributed by atoms with Crippen molar-refractivity contribution < 1.29 is 4.74 Å². The maximum atomic E-state index is 6.25. The fourth-order valence-corrected chi connectivity index (χ4v) is 2.72. The Balaban J connectivity index is 1.93. The summed E-state index contributed by atoms with van der Waals surface area (Å²) in [5.74, 6) is 1.41. The standard InChI is InChI=1S/C11H22N2O/c1-8-2-5-13-11(10(8)12)9-3-6-14-7-4-9/h8-11,13H,2-7,12H2,1H3. The van der Waals surface area contributed by atoms with Gasteiger partial charge in [-0.25, -0.2) is 0 Å². The van der Waals surface area contributed by atoms with Crippen LogP contribution in [0.5, 0.6) is 0 Å². The summed E-state index contributed by atoms with van der Waals surface area (Å²) in [6.45, 7) is 5.25. The highest BCUT2D eigenvalue weighted by Gasteiger charge is 2.33. The lowest BCUT2D eigenvalue weighted by Gasteiger charge is -2.41. The van der Waals surface area contributed by atoms with Gasteiger partial charge in [-0.05, 0) is 37.6 Å². The fourth-order valence-electron chi connectivity index (χ4n) is 2.72. The van der Waals surface area contributed by atoms with Crippen LogP contribution >= 0.6 is 0 Å². The molecule has 2 saturated heterocycles. The summed E-state index contributed by atoms with van der Waals surface area (Å²) in [6, 6.07) is 0.870. The van der Waals surface area contributed by atoms with E-state index in [2.05, 4.69) is 12.2 Å². The third-order valence-electron chi connectivity index (χ3n) is 3.83. The van der Waals surface area contributed by atoms with Gasteiger partial charge in [0, 0.05) is 25.3 Å². The van der Waals surface area contributed by atoms with Crippen LogP contribution in [-0.2, 0) is 4.74 Å². The topological polar surface area (TPSA) is 47.3 Å². The van der Waals surface area contributed by atoms with E-state index in [0.717, 1.165) is 25.7 Å². The highest BCUT2D eigenvalue weighted by Crippen LogP contribution is 2.26. The Labute approximate surface area is 86.4 Å². The van der Waals surface area contributed by atoms with Gasteiger partial charge >= 0.3 is 0 Å². The van der Waals surface area contributed by atoms with E-state index in [1.54, 1.807) is 0 Å². The molecule has 14 heavy (non-hydrogen) atoms. The molecule has 0 aromatic heterocycles. The summed E-state index contributed by atoms with van der Waals surface area (Å²) in [5.41, 5.74) is 6.25. The molecule has 0 aromatic rings. The van der Waals surface area contributed by atoms with Crippen LogP contribution in [0.15, 0.2) is 0 Å². The molecule has 2 aliphatic rings. The zero-order valence-electron chi connectivity index (χ0n) is 9.04. The lowest BCUT2D eigenvalue weighted by molar-refractivity contribution is 0.0421. The molecule has 3 heteroatoms. The maximum absolute atomic E-state index is 6.25.